The monoisotopic (exact) mass is 459 g/mol. The molecule has 0 saturated carbocycles. The highest BCUT2D eigenvalue weighted by molar-refractivity contribution is 7.83. The topological polar surface area (TPSA) is 83.1 Å². The number of hydrogen-bond donors (Lipinski definition) is 1. The molecule has 7 nitrogen and oxygen atoms in total. The van der Waals surface area contributed by atoms with Gasteiger partial charge in [-0.1, -0.05) is 23.3 Å². The molecule has 0 aliphatic heterocycles. The first-order valence-electron chi connectivity index (χ1n) is 10.3. The van der Waals surface area contributed by atoms with Crippen molar-refractivity contribution in [3.05, 3.63) is 52.6 Å². The van der Waals surface area contributed by atoms with E-state index in [0.29, 0.717) is 34.1 Å². The first-order valence-corrected chi connectivity index (χ1v) is 11.4. The van der Waals surface area contributed by atoms with E-state index < -0.39 is 23.0 Å². The number of esters is 1. The molecule has 32 heavy (non-hydrogen) atoms. The van der Waals surface area contributed by atoms with Gasteiger partial charge in [0.15, 0.2) is 11.5 Å². The lowest BCUT2D eigenvalue weighted by Gasteiger charge is -2.22. The van der Waals surface area contributed by atoms with E-state index in [2.05, 4.69) is 4.72 Å². The Morgan fingerprint density at radius 2 is 1.72 bits per heavy atom. The van der Waals surface area contributed by atoms with E-state index in [1.54, 1.807) is 40.4 Å². The third-order valence-electron chi connectivity index (χ3n) is 5.40. The average molecular weight is 460 g/mol. The number of carbonyl (C=O) groups is 1. The maximum Gasteiger partial charge on any atom is 0.328 e. The van der Waals surface area contributed by atoms with E-state index >= 15 is 0 Å². The highest BCUT2D eigenvalue weighted by Crippen LogP contribution is 2.49. The lowest BCUT2D eigenvalue weighted by molar-refractivity contribution is -0.143. The van der Waals surface area contributed by atoms with Gasteiger partial charge in [-0.2, -0.15) is 0 Å². The SMILES string of the molecule is CCOC(=O)C(NS(=O)c1ccc(C)cc1)C1=C(C)Cc2c1cc(OC)c(OC)c2OC. The van der Waals surface area contributed by atoms with Crippen molar-refractivity contribution in [3.8, 4) is 17.2 Å². The second kappa shape index (κ2) is 10.2. The van der Waals surface area contributed by atoms with Gasteiger partial charge in [-0.25, -0.2) is 13.7 Å². The molecule has 1 aliphatic carbocycles. The van der Waals surface area contributed by atoms with Crippen molar-refractivity contribution >= 4 is 22.5 Å². The van der Waals surface area contributed by atoms with Crippen molar-refractivity contribution in [2.24, 2.45) is 0 Å². The van der Waals surface area contributed by atoms with Crippen LogP contribution < -0.4 is 18.9 Å². The van der Waals surface area contributed by atoms with Gasteiger partial charge >= 0.3 is 5.97 Å². The molecule has 0 heterocycles. The molecule has 2 aromatic carbocycles. The largest absolute Gasteiger partial charge is 0.493 e. The van der Waals surface area contributed by atoms with Gasteiger partial charge in [-0.15, -0.1) is 0 Å². The first-order chi connectivity index (χ1) is 15.4. The summed E-state index contributed by atoms with van der Waals surface area (Å²) in [5.41, 5.74) is 4.38. The normalized spacial score (nSPS) is 14.6. The minimum atomic E-state index is -1.63. The number of aryl methyl sites for hydroxylation is 1. The number of nitrogens with one attached hydrogen (secondary N) is 1. The Hall–Kier alpha value is -2.84. The molecule has 0 radical (unpaired) electrons. The van der Waals surface area contributed by atoms with Gasteiger partial charge < -0.3 is 18.9 Å². The number of rotatable bonds is 9. The Morgan fingerprint density at radius 1 is 1.06 bits per heavy atom. The Balaban J connectivity index is 2.08. The van der Waals surface area contributed by atoms with Gasteiger partial charge in [0.05, 0.1) is 32.8 Å². The second-order valence-corrected chi connectivity index (χ2v) is 8.67. The maximum atomic E-state index is 13.1. The van der Waals surface area contributed by atoms with Crippen molar-refractivity contribution in [1.29, 1.82) is 0 Å². The molecule has 0 amide bonds. The summed E-state index contributed by atoms with van der Waals surface area (Å²) >= 11 is 0. The molecular formula is C24H29NO6S. The molecule has 2 aromatic rings. The lowest BCUT2D eigenvalue weighted by atomic mass is 9.97. The van der Waals surface area contributed by atoms with Crippen LogP contribution in [0.4, 0.5) is 0 Å². The zero-order valence-electron chi connectivity index (χ0n) is 19.2. The van der Waals surface area contributed by atoms with E-state index in [-0.39, 0.29) is 6.61 Å². The van der Waals surface area contributed by atoms with Gasteiger partial charge in [0.2, 0.25) is 5.75 Å². The van der Waals surface area contributed by atoms with Gasteiger partial charge in [-0.05, 0) is 56.5 Å². The molecular weight excluding hydrogens is 430 g/mol. The Morgan fingerprint density at radius 3 is 2.28 bits per heavy atom. The van der Waals surface area contributed by atoms with Gasteiger partial charge in [-0.3, -0.25) is 0 Å². The smallest absolute Gasteiger partial charge is 0.328 e. The van der Waals surface area contributed by atoms with Gasteiger partial charge in [0.1, 0.15) is 17.0 Å². The minimum absolute atomic E-state index is 0.211. The average Bonchev–Trinajstić information content (AvgIpc) is 3.11. The summed E-state index contributed by atoms with van der Waals surface area (Å²) in [4.78, 5) is 13.6. The molecule has 3 rings (SSSR count). The van der Waals surface area contributed by atoms with Crippen molar-refractivity contribution < 1.29 is 28.0 Å². The molecule has 0 aromatic heterocycles. The highest BCUT2D eigenvalue weighted by atomic mass is 32.2. The van der Waals surface area contributed by atoms with Gasteiger partial charge in [0, 0.05) is 5.56 Å². The van der Waals surface area contributed by atoms with Crippen LogP contribution in [0.5, 0.6) is 17.2 Å². The van der Waals surface area contributed by atoms with Crippen LogP contribution in [0.25, 0.3) is 5.57 Å². The van der Waals surface area contributed by atoms with Crippen molar-refractivity contribution in [3.63, 3.8) is 0 Å². The zero-order valence-corrected chi connectivity index (χ0v) is 20.1. The number of ether oxygens (including phenoxy) is 4. The van der Waals surface area contributed by atoms with Gasteiger partial charge in [0.25, 0.3) is 0 Å². The molecule has 0 saturated heterocycles. The van der Waals surface area contributed by atoms with Crippen LogP contribution in [0.15, 0.2) is 40.8 Å². The molecule has 1 aliphatic rings. The molecule has 0 fully saturated rings. The lowest BCUT2D eigenvalue weighted by Crippen LogP contribution is -2.40. The van der Waals surface area contributed by atoms with E-state index in [9.17, 15) is 9.00 Å². The molecule has 2 unspecified atom stereocenters. The fraction of sp³-hybridized carbons (Fsp3) is 0.375. The maximum absolute atomic E-state index is 13.1. The summed E-state index contributed by atoms with van der Waals surface area (Å²) in [6, 6.07) is 8.21. The van der Waals surface area contributed by atoms with Crippen LogP contribution in [-0.4, -0.2) is 44.2 Å². The summed E-state index contributed by atoms with van der Waals surface area (Å²) < 4.78 is 38.1. The van der Waals surface area contributed by atoms with Crippen molar-refractivity contribution in [2.75, 3.05) is 27.9 Å². The zero-order chi connectivity index (χ0) is 23.4. The number of methoxy groups -OCH3 is 3. The molecule has 1 N–H and O–H groups in total. The predicted molar refractivity (Wildman–Crippen MR) is 124 cm³/mol. The number of allylic oxidation sites excluding steroid dienone is 1. The van der Waals surface area contributed by atoms with E-state index in [0.717, 1.165) is 22.3 Å². The number of carbonyl (C=O) groups excluding carboxylic acids is 1. The third-order valence-corrected chi connectivity index (χ3v) is 6.55. The van der Waals surface area contributed by atoms with Crippen LogP contribution in [-0.2, 0) is 26.9 Å². The summed E-state index contributed by atoms with van der Waals surface area (Å²) in [5.74, 6) is 1.03. The fourth-order valence-electron chi connectivity index (χ4n) is 3.91. The third kappa shape index (κ3) is 4.52. The minimum Gasteiger partial charge on any atom is -0.493 e. The Labute approximate surface area is 191 Å². The van der Waals surface area contributed by atoms with Crippen LogP contribution in [0, 0.1) is 6.92 Å². The number of fused-ring (bicyclic) bond motifs is 1. The molecule has 8 heteroatoms. The van der Waals surface area contributed by atoms with Crippen LogP contribution >= 0.6 is 0 Å². The van der Waals surface area contributed by atoms with E-state index in [1.165, 1.54) is 0 Å². The summed E-state index contributed by atoms with van der Waals surface area (Å²) in [6.45, 7) is 5.85. The van der Waals surface area contributed by atoms with Crippen LogP contribution in [0.2, 0.25) is 0 Å². The number of hydrogen-bond acceptors (Lipinski definition) is 6. The molecule has 0 bridgehead atoms. The van der Waals surface area contributed by atoms with E-state index in [1.807, 2.05) is 32.0 Å². The summed E-state index contributed by atoms with van der Waals surface area (Å²) in [7, 11) is 3.04. The van der Waals surface area contributed by atoms with Crippen molar-refractivity contribution in [2.45, 2.75) is 38.1 Å². The Bertz CT molecular complexity index is 1060. The summed E-state index contributed by atoms with van der Waals surface area (Å²) in [6.07, 6.45) is 0.558. The quantitative estimate of drug-likeness (QED) is 0.577. The Kier molecular flexibility index (Phi) is 7.58. The second-order valence-electron chi connectivity index (χ2n) is 7.43. The van der Waals surface area contributed by atoms with Crippen molar-refractivity contribution in [1.82, 2.24) is 4.72 Å². The first kappa shape index (κ1) is 23.8. The highest BCUT2D eigenvalue weighted by Gasteiger charge is 2.36. The summed E-state index contributed by atoms with van der Waals surface area (Å²) in [5, 5.41) is 0. The van der Waals surface area contributed by atoms with Crippen LogP contribution in [0.1, 0.15) is 30.5 Å². The molecule has 172 valence electrons. The predicted octanol–water partition coefficient (Wildman–Crippen LogP) is 3.59. The van der Waals surface area contributed by atoms with E-state index in [4.69, 9.17) is 18.9 Å². The standard InChI is InChI=1S/C24H29NO6S/c1-7-31-24(26)21(25-32(27)16-10-8-14(2)9-11-16)20-15(3)12-18-17(20)13-19(28-4)23(30-6)22(18)29-5/h8-11,13,21,25H,7,12H2,1-6H3. The fourth-order valence-corrected chi connectivity index (χ4v) is 4.86. The molecule has 2 atom stereocenters. The number of benzene rings is 2. The van der Waals surface area contributed by atoms with Crippen LogP contribution in [0.3, 0.4) is 0 Å². The molecule has 0 spiro atoms.